The van der Waals surface area contributed by atoms with Gasteiger partial charge in [-0.05, 0) is 55.7 Å². The maximum atomic E-state index is 13.5. The van der Waals surface area contributed by atoms with E-state index in [1.165, 1.54) is 65.9 Å². The van der Waals surface area contributed by atoms with E-state index in [0.29, 0.717) is 0 Å². The Morgan fingerprint density at radius 1 is 0.904 bits per heavy atom. The van der Waals surface area contributed by atoms with Crippen LogP contribution in [-0.2, 0) is 27.1 Å². The molecule has 16 heteroatoms. The van der Waals surface area contributed by atoms with Gasteiger partial charge in [0.05, 0.1) is 28.5 Å². The van der Waals surface area contributed by atoms with Crippen molar-refractivity contribution in [1.29, 1.82) is 0 Å². The molecule has 2 aliphatic rings. The Bertz CT molecular complexity index is 1920. The number of Topliss-reactive ketones (excluding diaryl/α,β-unsaturated/α-hetero) is 1. The molecule has 0 saturated carbocycles. The third kappa shape index (κ3) is 7.83. The summed E-state index contributed by atoms with van der Waals surface area (Å²) in [6.07, 6.45) is -0.611. The van der Waals surface area contributed by atoms with E-state index < -0.39 is 70.0 Å². The zero-order chi connectivity index (χ0) is 38.0. The number of amides is 2. The summed E-state index contributed by atoms with van der Waals surface area (Å²) >= 11 is 0. The number of hydrogen-bond donors (Lipinski definition) is 3. The van der Waals surface area contributed by atoms with E-state index in [1.54, 1.807) is 6.20 Å². The van der Waals surface area contributed by atoms with Crippen molar-refractivity contribution in [2.75, 3.05) is 47.5 Å². The topological polar surface area (TPSA) is 193 Å². The van der Waals surface area contributed by atoms with Crippen LogP contribution in [0.15, 0.2) is 47.6 Å². The van der Waals surface area contributed by atoms with Crippen molar-refractivity contribution < 1.29 is 53.5 Å². The number of rotatable bonds is 12. The lowest BCUT2D eigenvalue weighted by atomic mass is 9.73. The SMILES string of the molecule is COc1cccc2c1C(=O)c1c(O)c3c(c(O)c1C2=O)C[C@@](O)(C(=O)COC(=O)N(C)CCN(C)C(=O)OCC(C)(C)SSc1ccccn1)CC3. The van der Waals surface area contributed by atoms with Gasteiger partial charge in [-0.2, -0.15) is 0 Å². The van der Waals surface area contributed by atoms with Crippen LogP contribution in [0, 0.1) is 0 Å². The second kappa shape index (κ2) is 15.4. The fourth-order valence-corrected chi connectivity index (χ4v) is 7.87. The van der Waals surface area contributed by atoms with Crippen LogP contribution in [0.5, 0.6) is 17.2 Å². The highest BCUT2D eigenvalue weighted by molar-refractivity contribution is 8.77. The molecular formula is C36H39N3O11S2. The van der Waals surface area contributed by atoms with Crippen LogP contribution >= 0.6 is 21.6 Å². The number of likely N-dealkylation sites (N-methyl/N-ethyl adjacent to an activating group) is 2. The number of methoxy groups -OCH3 is 1. The number of pyridine rings is 1. The molecule has 0 radical (unpaired) electrons. The first-order valence-electron chi connectivity index (χ1n) is 16.2. The van der Waals surface area contributed by atoms with Crippen LogP contribution in [-0.4, -0.2) is 117 Å². The molecular weight excluding hydrogens is 715 g/mol. The summed E-state index contributed by atoms with van der Waals surface area (Å²) in [7, 11) is 7.28. The molecule has 3 aromatic rings. The van der Waals surface area contributed by atoms with Crippen molar-refractivity contribution >= 4 is 51.1 Å². The number of benzene rings is 2. The summed E-state index contributed by atoms with van der Waals surface area (Å²) in [6.45, 7) is 3.34. The molecule has 0 fully saturated rings. The Morgan fingerprint density at radius 3 is 2.21 bits per heavy atom. The number of ketones is 3. The zero-order valence-electron chi connectivity index (χ0n) is 29.3. The summed E-state index contributed by atoms with van der Waals surface area (Å²) in [6, 6.07) is 10.0. The molecule has 3 N–H and O–H groups in total. The summed E-state index contributed by atoms with van der Waals surface area (Å²) in [5.74, 6) is -3.30. The van der Waals surface area contributed by atoms with E-state index >= 15 is 0 Å². The summed E-state index contributed by atoms with van der Waals surface area (Å²) < 4.78 is 15.5. The van der Waals surface area contributed by atoms with Crippen LogP contribution in [0.4, 0.5) is 9.59 Å². The van der Waals surface area contributed by atoms with Crippen LogP contribution < -0.4 is 4.74 Å². The van der Waals surface area contributed by atoms with Gasteiger partial charge >= 0.3 is 12.2 Å². The van der Waals surface area contributed by atoms with E-state index in [-0.39, 0.29) is 66.1 Å². The first-order chi connectivity index (χ1) is 24.6. The number of ether oxygens (including phenoxy) is 3. The Labute approximate surface area is 307 Å². The number of carbonyl (C=O) groups excluding carboxylic acids is 5. The van der Waals surface area contributed by atoms with Gasteiger partial charge in [0, 0.05) is 56.5 Å². The summed E-state index contributed by atoms with van der Waals surface area (Å²) in [5, 5.41) is 34.6. The van der Waals surface area contributed by atoms with Gasteiger partial charge in [0.15, 0.2) is 12.4 Å². The third-order valence-electron chi connectivity index (χ3n) is 8.86. The Kier molecular flexibility index (Phi) is 11.4. The van der Waals surface area contributed by atoms with Gasteiger partial charge in [-0.3, -0.25) is 14.4 Å². The second-order valence-electron chi connectivity index (χ2n) is 13.1. The maximum Gasteiger partial charge on any atom is 0.409 e. The van der Waals surface area contributed by atoms with E-state index in [2.05, 4.69) is 4.98 Å². The number of hydrogen-bond acceptors (Lipinski definition) is 14. The van der Waals surface area contributed by atoms with E-state index in [1.807, 2.05) is 32.0 Å². The number of fused-ring (bicyclic) bond motifs is 3. The smallest absolute Gasteiger partial charge is 0.409 e. The predicted molar refractivity (Wildman–Crippen MR) is 191 cm³/mol. The van der Waals surface area contributed by atoms with Crippen molar-refractivity contribution in [3.8, 4) is 17.2 Å². The molecule has 14 nitrogen and oxygen atoms in total. The maximum absolute atomic E-state index is 13.5. The van der Waals surface area contributed by atoms with E-state index in [9.17, 15) is 39.3 Å². The average molecular weight is 754 g/mol. The zero-order valence-corrected chi connectivity index (χ0v) is 30.9. The molecule has 0 saturated heterocycles. The molecule has 1 heterocycles. The minimum absolute atomic E-state index is 0.0255. The van der Waals surface area contributed by atoms with Crippen molar-refractivity contribution in [1.82, 2.24) is 14.8 Å². The number of nitrogens with zero attached hydrogens (tertiary/aromatic N) is 3. The van der Waals surface area contributed by atoms with Gasteiger partial charge in [0.25, 0.3) is 0 Å². The standard InChI is InChI=1S/C36H39N3O11S2/c1-35(2,52-51-25-11-6-7-14-37-25)19-50-34(46)39(4)16-15-38(3)33(45)49-18-24(40)36(47)13-12-20-22(17-36)31(43)27-28(29(20)41)32(44)26-21(30(27)42)9-8-10-23(26)48-5/h6-11,14,41,43,47H,12-13,15-19H2,1-5H3/t36-/m1/s1. The molecule has 0 unspecified atom stereocenters. The van der Waals surface area contributed by atoms with Crippen LogP contribution in [0.3, 0.4) is 0 Å². The van der Waals surface area contributed by atoms with Gasteiger partial charge in [0.1, 0.15) is 34.5 Å². The predicted octanol–water partition coefficient (Wildman–Crippen LogP) is 4.42. The Hall–Kier alpha value is -4.80. The molecule has 1 atom stereocenters. The lowest BCUT2D eigenvalue weighted by Gasteiger charge is -2.34. The number of aromatic nitrogens is 1. The highest BCUT2D eigenvalue weighted by Gasteiger charge is 2.45. The third-order valence-corrected chi connectivity index (χ3v) is 12.0. The summed E-state index contributed by atoms with van der Waals surface area (Å²) in [5.41, 5.74) is -2.91. The van der Waals surface area contributed by atoms with Gasteiger partial charge in [-0.25, -0.2) is 14.6 Å². The molecule has 2 aromatic carbocycles. The van der Waals surface area contributed by atoms with Gasteiger partial charge in [-0.15, -0.1) is 0 Å². The molecule has 276 valence electrons. The minimum Gasteiger partial charge on any atom is -0.507 e. The molecule has 2 aliphatic carbocycles. The normalized spacial score (nSPS) is 16.3. The van der Waals surface area contributed by atoms with Crippen LogP contribution in [0.1, 0.15) is 63.2 Å². The minimum atomic E-state index is -2.11. The lowest BCUT2D eigenvalue weighted by Crippen LogP contribution is -2.47. The molecule has 2 amide bonds. The van der Waals surface area contributed by atoms with Crippen molar-refractivity contribution in [3.05, 3.63) is 76.0 Å². The fourth-order valence-electron chi connectivity index (χ4n) is 5.84. The largest absolute Gasteiger partial charge is 0.507 e. The Morgan fingerprint density at radius 2 is 1.56 bits per heavy atom. The quantitative estimate of drug-likeness (QED) is 0.136. The first kappa shape index (κ1) is 38.4. The molecule has 0 aliphatic heterocycles. The Balaban J connectivity index is 1.14. The average Bonchev–Trinajstić information content (AvgIpc) is 3.14. The molecule has 1 aromatic heterocycles. The van der Waals surface area contributed by atoms with Gasteiger partial charge < -0.3 is 39.3 Å². The molecule has 52 heavy (non-hydrogen) atoms. The van der Waals surface area contributed by atoms with Gasteiger partial charge in [0.2, 0.25) is 11.6 Å². The first-order valence-corrected chi connectivity index (χ1v) is 18.4. The molecule has 5 rings (SSSR count). The number of phenolic OH excluding ortho intramolecular Hbond substituents is 2. The fraction of sp³-hybridized carbons (Fsp3) is 0.389. The van der Waals surface area contributed by atoms with Crippen molar-refractivity contribution in [3.63, 3.8) is 0 Å². The number of aromatic hydroxyl groups is 2. The monoisotopic (exact) mass is 753 g/mol. The highest BCUT2D eigenvalue weighted by atomic mass is 33.1. The van der Waals surface area contributed by atoms with E-state index in [0.717, 1.165) is 9.93 Å². The lowest BCUT2D eigenvalue weighted by molar-refractivity contribution is -0.141. The van der Waals surface area contributed by atoms with Crippen LogP contribution in [0.25, 0.3) is 0 Å². The van der Waals surface area contributed by atoms with Crippen molar-refractivity contribution in [2.24, 2.45) is 0 Å². The summed E-state index contributed by atoms with van der Waals surface area (Å²) in [4.78, 5) is 72.2. The number of aliphatic hydroxyl groups is 1. The molecule has 0 spiro atoms. The number of phenols is 2. The van der Waals surface area contributed by atoms with Gasteiger partial charge in [-0.1, -0.05) is 29.0 Å². The van der Waals surface area contributed by atoms with E-state index in [4.69, 9.17) is 14.2 Å². The second-order valence-corrected chi connectivity index (χ2v) is 16.0. The van der Waals surface area contributed by atoms with Crippen LogP contribution in [0.2, 0.25) is 0 Å². The highest BCUT2D eigenvalue weighted by Crippen LogP contribution is 2.48. The number of carbonyl (C=O) groups is 5. The van der Waals surface area contributed by atoms with Crippen molar-refractivity contribution in [2.45, 2.75) is 48.5 Å². The molecule has 0 bridgehead atoms.